The van der Waals surface area contributed by atoms with Gasteiger partial charge in [-0.25, -0.2) is 4.79 Å². The maximum absolute atomic E-state index is 13.7. The Kier molecular flexibility index (Phi) is 9.04. The highest BCUT2D eigenvalue weighted by Gasteiger charge is 2.46. The molecule has 32 heavy (non-hydrogen) atoms. The molecule has 0 N–H and O–H groups in total. The van der Waals surface area contributed by atoms with E-state index in [1.54, 1.807) is 0 Å². The minimum atomic E-state index is -3.20. The smallest absolute Gasteiger partial charge is 0.410 e. The van der Waals surface area contributed by atoms with Crippen LogP contribution in [0.15, 0.2) is 40.2 Å². The van der Waals surface area contributed by atoms with Crippen LogP contribution in [0, 0.1) is 5.92 Å². The summed E-state index contributed by atoms with van der Waals surface area (Å²) in [6.45, 7) is 12.8. The lowest BCUT2D eigenvalue weighted by atomic mass is 9.95. The van der Waals surface area contributed by atoms with Crippen LogP contribution >= 0.6 is 9.24 Å². The number of hydrogen-bond acceptors (Lipinski definition) is 4. The summed E-state index contributed by atoms with van der Waals surface area (Å²) >= 11 is 0. The van der Waals surface area contributed by atoms with Crippen LogP contribution in [-0.4, -0.2) is 59.0 Å². The molecule has 2 fully saturated rings. The van der Waals surface area contributed by atoms with Crippen LogP contribution in [-0.2, 0) is 4.74 Å². The van der Waals surface area contributed by atoms with Crippen molar-refractivity contribution >= 4 is 21.0 Å². The van der Waals surface area contributed by atoms with Crippen LogP contribution in [0.2, 0.25) is 0 Å². The van der Waals surface area contributed by atoms with Crippen molar-refractivity contribution in [1.82, 2.24) is 9.80 Å². The van der Waals surface area contributed by atoms with E-state index < -0.39 is 17.4 Å². The number of ether oxygens (including phenoxy) is 1. The van der Waals surface area contributed by atoms with Gasteiger partial charge in [-0.15, -0.1) is 0 Å². The molecule has 1 aliphatic carbocycles. The fourth-order valence-corrected chi connectivity index (χ4v) is 3.78. The first-order valence-corrected chi connectivity index (χ1v) is 12.0. The Morgan fingerprint density at radius 2 is 1.72 bits per heavy atom. The molecule has 8 heteroatoms. The topological polar surface area (TPSA) is 45.1 Å². The quantitative estimate of drug-likeness (QED) is 0.249. The van der Waals surface area contributed by atoms with Crippen molar-refractivity contribution in [3.8, 4) is 0 Å². The number of alkyl halides is 2. The molecule has 2 aliphatic rings. The lowest BCUT2D eigenvalue weighted by Crippen LogP contribution is -2.52. The summed E-state index contributed by atoms with van der Waals surface area (Å²) in [5, 5.41) is 0. The summed E-state index contributed by atoms with van der Waals surface area (Å²) in [6, 6.07) is 0. The maximum Gasteiger partial charge on any atom is 0.410 e. The SMILES string of the molecule is C\C=C(C(/C(C)=N/C=C/CC)=C(/C)N1CCN(C(=O)OC(C)(C)C(F)(F)P)CC1)\C1CC1. The average Bonchev–Trinajstić information content (AvgIpc) is 3.55. The van der Waals surface area contributed by atoms with Crippen LogP contribution in [0.5, 0.6) is 0 Å². The highest BCUT2D eigenvalue weighted by Crippen LogP contribution is 2.42. The van der Waals surface area contributed by atoms with Crippen molar-refractivity contribution in [1.29, 1.82) is 0 Å². The van der Waals surface area contributed by atoms with Gasteiger partial charge in [0.15, 0.2) is 5.60 Å². The standard InChI is InChI=1S/C24H38F2N3O2P/c1-7-9-12-27-17(3)21(20(8-2)19-10-11-19)18(4)28-13-15-29(16-14-28)22(30)31-23(5,6)24(25,26)32/h8-9,12,19H,7,10-11,13-16,32H2,1-6H3/b12-9+,20-8-,21-18-,27-17+. The zero-order valence-electron chi connectivity index (χ0n) is 20.3. The molecule has 1 saturated heterocycles. The summed E-state index contributed by atoms with van der Waals surface area (Å²) in [5.74, 6) is 0.581. The molecule has 0 aromatic carbocycles. The van der Waals surface area contributed by atoms with E-state index in [9.17, 15) is 13.6 Å². The number of hydrogen-bond donors (Lipinski definition) is 0. The van der Waals surface area contributed by atoms with Gasteiger partial charge in [-0.05, 0) is 65.4 Å². The number of halogens is 2. The van der Waals surface area contributed by atoms with Crippen LogP contribution in [0.1, 0.15) is 60.8 Å². The first-order chi connectivity index (χ1) is 14.9. The third-order valence-electron chi connectivity index (χ3n) is 6.11. The van der Waals surface area contributed by atoms with Gasteiger partial charge in [0.1, 0.15) is 0 Å². The number of carbonyl (C=O) groups excluding carboxylic acids is 1. The summed E-state index contributed by atoms with van der Waals surface area (Å²) in [6.07, 6.45) is 8.72. The van der Waals surface area contributed by atoms with Crippen molar-refractivity contribution < 1.29 is 18.3 Å². The lowest BCUT2D eigenvalue weighted by Gasteiger charge is -2.39. The molecule has 1 heterocycles. The van der Waals surface area contributed by atoms with E-state index in [4.69, 9.17) is 4.74 Å². The zero-order valence-corrected chi connectivity index (χ0v) is 21.4. The van der Waals surface area contributed by atoms with Crippen LogP contribution in [0.3, 0.4) is 0 Å². The number of carbonyl (C=O) groups is 1. The zero-order chi connectivity index (χ0) is 24.1. The number of rotatable bonds is 8. The predicted octanol–water partition coefficient (Wildman–Crippen LogP) is 6.00. The van der Waals surface area contributed by atoms with Gasteiger partial charge in [0, 0.05) is 49.4 Å². The fraction of sp³-hybridized carbons (Fsp3) is 0.667. The van der Waals surface area contributed by atoms with Crippen molar-refractivity contribution in [2.75, 3.05) is 26.2 Å². The molecular formula is C24H38F2N3O2P. The minimum Gasteiger partial charge on any atom is -0.437 e. The fourth-order valence-electron chi connectivity index (χ4n) is 3.73. The normalized spacial score (nSPS) is 20.0. The van der Waals surface area contributed by atoms with Gasteiger partial charge in [-0.1, -0.05) is 28.3 Å². The molecule has 0 aromatic heterocycles. The first-order valence-electron chi connectivity index (χ1n) is 11.4. The Bertz CT molecular complexity index is 801. The molecule has 2 rings (SSSR count). The van der Waals surface area contributed by atoms with Crippen molar-refractivity contribution in [2.45, 2.75) is 72.1 Å². The third kappa shape index (κ3) is 6.63. The Hall–Kier alpha value is -1.75. The number of amides is 1. The maximum atomic E-state index is 13.7. The van der Waals surface area contributed by atoms with Gasteiger partial charge in [0.2, 0.25) is 0 Å². The molecule has 1 aliphatic heterocycles. The second-order valence-electron chi connectivity index (χ2n) is 8.96. The van der Waals surface area contributed by atoms with E-state index in [0.29, 0.717) is 32.1 Å². The molecule has 0 aromatic rings. The molecule has 0 spiro atoms. The second-order valence-corrected chi connectivity index (χ2v) is 9.69. The largest absolute Gasteiger partial charge is 0.437 e. The van der Waals surface area contributed by atoms with Crippen LogP contribution in [0.25, 0.3) is 0 Å². The third-order valence-corrected chi connectivity index (χ3v) is 6.80. The molecule has 0 bridgehead atoms. The minimum absolute atomic E-state index is 0.419. The monoisotopic (exact) mass is 469 g/mol. The van der Waals surface area contributed by atoms with Gasteiger partial charge in [-0.2, -0.15) is 8.78 Å². The highest BCUT2D eigenvalue weighted by atomic mass is 31.0. The number of piperazine rings is 1. The van der Waals surface area contributed by atoms with E-state index in [1.165, 1.54) is 52.0 Å². The molecule has 1 unspecified atom stereocenters. The van der Waals surface area contributed by atoms with Gasteiger partial charge >= 0.3 is 6.09 Å². The number of aliphatic imine (C=N–C) groups is 1. The van der Waals surface area contributed by atoms with E-state index >= 15 is 0 Å². The molecule has 180 valence electrons. The van der Waals surface area contributed by atoms with E-state index in [0.717, 1.165) is 17.8 Å². The number of nitrogens with zero attached hydrogens (tertiary/aromatic N) is 3. The van der Waals surface area contributed by atoms with Gasteiger partial charge in [0.05, 0.1) is 0 Å². The Morgan fingerprint density at radius 3 is 2.19 bits per heavy atom. The Labute approximate surface area is 193 Å². The number of allylic oxidation sites excluding steroid dienone is 5. The van der Waals surface area contributed by atoms with Crippen LogP contribution < -0.4 is 0 Å². The van der Waals surface area contributed by atoms with Gasteiger partial charge in [-0.3, -0.25) is 4.99 Å². The molecule has 5 nitrogen and oxygen atoms in total. The van der Waals surface area contributed by atoms with Gasteiger partial charge < -0.3 is 14.5 Å². The first kappa shape index (κ1) is 26.5. The van der Waals surface area contributed by atoms with E-state index in [1.807, 2.05) is 19.2 Å². The second kappa shape index (κ2) is 10.9. The van der Waals surface area contributed by atoms with E-state index in [-0.39, 0.29) is 0 Å². The Morgan fingerprint density at radius 1 is 1.16 bits per heavy atom. The molecule has 0 radical (unpaired) electrons. The lowest BCUT2D eigenvalue weighted by molar-refractivity contribution is -0.110. The highest BCUT2D eigenvalue weighted by molar-refractivity contribution is 7.18. The van der Waals surface area contributed by atoms with Crippen LogP contribution in [0.4, 0.5) is 13.6 Å². The molecule has 1 atom stereocenters. The van der Waals surface area contributed by atoms with E-state index in [2.05, 4.69) is 36.7 Å². The summed E-state index contributed by atoms with van der Waals surface area (Å²) in [7, 11) is 1.45. The average molecular weight is 470 g/mol. The predicted molar refractivity (Wildman–Crippen MR) is 130 cm³/mol. The van der Waals surface area contributed by atoms with Crippen molar-refractivity contribution in [3.05, 3.63) is 35.2 Å². The van der Waals surface area contributed by atoms with Crippen molar-refractivity contribution in [3.63, 3.8) is 0 Å². The van der Waals surface area contributed by atoms with Crippen molar-refractivity contribution in [2.24, 2.45) is 10.9 Å². The summed E-state index contributed by atoms with van der Waals surface area (Å²) in [5.41, 5.74) is -0.456. The molecular weight excluding hydrogens is 431 g/mol. The molecule has 1 saturated carbocycles. The summed E-state index contributed by atoms with van der Waals surface area (Å²) in [4.78, 5) is 20.9. The summed E-state index contributed by atoms with van der Waals surface area (Å²) < 4.78 is 32.5. The van der Waals surface area contributed by atoms with Gasteiger partial charge in [0.25, 0.3) is 5.66 Å². The Balaban J connectivity index is 2.17. The molecule has 1 amide bonds.